The summed E-state index contributed by atoms with van der Waals surface area (Å²) in [4.78, 5) is 39.5. The van der Waals surface area contributed by atoms with Crippen LogP contribution in [0.2, 0.25) is 0 Å². The first-order chi connectivity index (χ1) is 22.8. The highest BCUT2D eigenvalue weighted by molar-refractivity contribution is 6.01. The molecule has 1 aliphatic rings. The summed E-state index contributed by atoms with van der Waals surface area (Å²) in [7, 11) is 1.91. The topological polar surface area (TPSA) is 135 Å². The molecule has 47 heavy (non-hydrogen) atoms. The van der Waals surface area contributed by atoms with Gasteiger partial charge in [0, 0.05) is 50.6 Å². The summed E-state index contributed by atoms with van der Waals surface area (Å²) in [6.45, 7) is 6.01. The maximum Gasteiger partial charge on any atom is 0.267 e. The Balaban J connectivity index is 1.29. The first kappa shape index (κ1) is 30.0. The van der Waals surface area contributed by atoms with E-state index >= 15 is 0 Å². The molecule has 1 amide bonds. The average molecular weight is 628 g/mol. The van der Waals surface area contributed by atoms with E-state index in [2.05, 4.69) is 37.2 Å². The number of nitrogens with one attached hydrogen (secondary N) is 1. The van der Waals surface area contributed by atoms with E-state index in [4.69, 9.17) is 4.98 Å². The van der Waals surface area contributed by atoms with Crippen molar-refractivity contribution in [2.75, 3.05) is 26.2 Å². The third kappa shape index (κ3) is 5.45. The van der Waals surface area contributed by atoms with E-state index in [9.17, 15) is 14.7 Å². The van der Waals surface area contributed by atoms with Crippen LogP contribution in [0.5, 0.6) is 0 Å². The first-order valence-electron chi connectivity index (χ1n) is 15.4. The number of aryl methyl sites for hydroxylation is 2. The Hall–Kier alpha value is -5.64. The van der Waals surface area contributed by atoms with Gasteiger partial charge in [0.2, 0.25) is 0 Å². The number of likely N-dealkylation sites (tertiary alicyclic amines) is 1. The van der Waals surface area contributed by atoms with E-state index in [0.717, 1.165) is 24.3 Å². The van der Waals surface area contributed by atoms with Crippen LogP contribution >= 0.6 is 0 Å². The van der Waals surface area contributed by atoms with Crippen LogP contribution in [-0.2, 0) is 7.05 Å². The number of amides is 1. The molecular weight excluding hydrogens is 594 g/mol. The van der Waals surface area contributed by atoms with E-state index < -0.39 is 6.04 Å². The molecule has 0 saturated carbocycles. The van der Waals surface area contributed by atoms with Gasteiger partial charge < -0.3 is 10.4 Å². The van der Waals surface area contributed by atoms with E-state index in [1.807, 2.05) is 54.2 Å². The number of benzene rings is 2. The maximum atomic E-state index is 14.4. The monoisotopic (exact) mass is 627 g/mol. The highest BCUT2D eigenvalue weighted by Gasteiger charge is 2.31. The van der Waals surface area contributed by atoms with Crippen molar-refractivity contribution in [3.05, 3.63) is 117 Å². The molecule has 1 atom stereocenters. The lowest BCUT2D eigenvalue weighted by Gasteiger charge is -2.39. The number of carbonyl (C=O) groups excluding carboxylic acids is 1. The lowest BCUT2D eigenvalue weighted by molar-refractivity contribution is 0.0938. The highest BCUT2D eigenvalue weighted by atomic mass is 16.3. The molecule has 2 N–H and O–H groups in total. The van der Waals surface area contributed by atoms with Crippen LogP contribution in [0.1, 0.15) is 57.6 Å². The Morgan fingerprint density at radius 3 is 2.66 bits per heavy atom. The number of nitrogens with zero attached hydrogens (tertiary/aromatic N) is 8. The summed E-state index contributed by atoms with van der Waals surface area (Å²) < 4.78 is 4.96. The molecule has 236 valence electrons. The van der Waals surface area contributed by atoms with Crippen molar-refractivity contribution >= 4 is 22.5 Å². The second-order valence-corrected chi connectivity index (χ2v) is 11.7. The number of aliphatic hydroxyl groups is 1. The van der Waals surface area contributed by atoms with Crippen LogP contribution in [0.4, 0.5) is 0 Å². The molecule has 2 aromatic carbocycles. The van der Waals surface area contributed by atoms with Crippen LogP contribution in [0.3, 0.4) is 0 Å². The average Bonchev–Trinajstić information content (AvgIpc) is 3.59. The number of carbonyl (C=O) groups is 1. The molecule has 7 rings (SSSR count). The van der Waals surface area contributed by atoms with Gasteiger partial charge in [0.25, 0.3) is 11.5 Å². The zero-order valence-corrected chi connectivity index (χ0v) is 26.3. The Kier molecular flexibility index (Phi) is 7.85. The summed E-state index contributed by atoms with van der Waals surface area (Å²) in [5.74, 6) is 6.80. The summed E-state index contributed by atoms with van der Waals surface area (Å²) in [5.41, 5.74) is 4.54. The van der Waals surface area contributed by atoms with Crippen molar-refractivity contribution in [1.82, 2.24) is 44.1 Å². The van der Waals surface area contributed by atoms with Crippen molar-refractivity contribution in [3.8, 4) is 17.5 Å². The SMILES string of the molecule is Cc1nn2cccnc2c1C(=O)N[C@H](C)c1nc2cccc(C#Cc3cnn(C)c3C3CN(CCO)C3)c2c(=O)n1-c1ccccc1. The molecular formula is C35H33N9O3. The molecule has 0 aliphatic carbocycles. The fourth-order valence-electron chi connectivity index (χ4n) is 6.29. The highest BCUT2D eigenvalue weighted by Crippen LogP contribution is 2.29. The predicted octanol–water partition coefficient (Wildman–Crippen LogP) is 2.75. The van der Waals surface area contributed by atoms with Crippen molar-refractivity contribution < 1.29 is 9.90 Å². The Labute approximate surface area is 270 Å². The molecule has 0 bridgehead atoms. The van der Waals surface area contributed by atoms with Crippen molar-refractivity contribution in [1.29, 1.82) is 0 Å². The van der Waals surface area contributed by atoms with Crippen molar-refractivity contribution in [2.45, 2.75) is 25.8 Å². The number of hydrogen-bond acceptors (Lipinski definition) is 8. The smallest absolute Gasteiger partial charge is 0.267 e. The van der Waals surface area contributed by atoms with Crippen LogP contribution in [0, 0.1) is 18.8 Å². The Morgan fingerprint density at radius 1 is 1.09 bits per heavy atom. The number of fused-ring (bicyclic) bond motifs is 2. The zero-order valence-electron chi connectivity index (χ0n) is 26.3. The van der Waals surface area contributed by atoms with Crippen molar-refractivity contribution in [2.24, 2.45) is 7.05 Å². The van der Waals surface area contributed by atoms with Gasteiger partial charge in [0.1, 0.15) is 11.4 Å². The van der Waals surface area contributed by atoms with E-state index in [0.29, 0.717) is 51.4 Å². The fourth-order valence-corrected chi connectivity index (χ4v) is 6.29. The van der Waals surface area contributed by atoms with Crippen LogP contribution < -0.4 is 10.9 Å². The van der Waals surface area contributed by atoms with Gasteiger partial charge in [-0.25, -0.2) is 14.5 Å². The fraction of sp³-hybridized carbons (Fsp3) is 0.257. The first-order valence-corrected chi connectivity index (χ1v) is 15.4. The number of rotatable bonds is 7. The molecule has 5 heterocycles. The predicted molar refractivity (Wildman–Crippen MR) is 176 cm³/mol. The van der Waals surface area contributed by atoms with Gasteiger partial charge in [0.05, 0.1) is 52.4 Å². The molecule has 6 aromatic rings. The number of hydrogen-bond donors (Lipinski definition) is 2. The Morgan fingerprint density at radius 2 is 1.87 bits per heavy atom. The molecule has 4 aromatic heterocycles. The second kappa shape index (κ2) is 12.3. The van der Waals surface area contributed by atoms with Crippen LogP contribution in [0.15, 0.2) is 78.0 Å². The number of aliphatic hydroxyl groups excluding tert-OH is 1. The van der Waals surface area contributed by atoms with Gasteiger partial charge in [-0.3, -0.25) is 23.7 Å². The standard InChI is InChI=1S/C35H33N9O3/c1-22-29(33-36-15-8-16-43(33)40-22)34(46)38-23(2)32-39-28-12-7-9-24(30(28)35(47)44(32)27-10-5-4-6-11-27)13-14-25-19-37-41(3)31(25)26-20-42(21-26)17-18-45/h4-12,15-16,19,23,26,45H,17-18,20-21H2,1-3H3,(H,38,46)/t23-/m1/s1. The van der Waals surface area contributed by atoms with E-state index in [-0.39, 0.29) is 24.0 Å². The lowest BCUT2D eigenvalue weighted by atomic mass is 9.93. The van der Waals surface area contributed by atoms with Crippen LogP contribution in [0.25, 0.3) is 22.2 Å². The molecule has 1 aliphatic heterocycles. The number of para-hydroxylation sites is 1. The molecule has 12 heteroatoms. The van der Waals surface area contributed by atoms with Crippen molar-refractivity contribution in [3.63, 3.8) is 0 Å². The minimum absolute atomic E-state index is 0.131. The van der Waals surface area contributed by atoms with Gasteiger partial charge in [-0.05, 0) is 44.2 Å². The van der Waals surface area contributed by atoms with Gasteiger partial charge in [-0.15, -0.1) is 0 Å². The number of aromatic nitrogens is 7. The lowest BCUT2D eigenvalue weighted by Crippen LogP contribution is -2.47. The largest absolute Gasteiger partial charge is 0.395 e. The maximum absolute atomic E-state index is 14.4. The summed E-state index contributed by atoms with van der Waals surface area (Å²) >= 11 is 0. The summed E-state index contributed by atoms with van der Waals surface area (Å²) in [6.07, 6.45) is 5.11. The molecule has 12 nitrogen and oxygen atoms in total. The zero-order chi connectivity index (χ0) is 32.7. The molecule has 1 saturated heterocycles. The number of β-amino-alcohol motifs (C(OH)–C–C–N with tert-alkyl or cyclic N) is 1. The summed E-state index contributed by atoms with van der Waals surface area (Å²) in [6, 6.07) is 15.8. The third-order valence-electron chi connectivity index (χ3n) is 8.55. The normalized spacial score (nSPS) is 14.1. The van der Waals surface area contributed by atoms with Gasteiger partial charge >= 0.3 is 0 Å². The third-order valence-corrected chi connectivity index (χ3v) is 8.55. The van der Waals surface area contributed by atoms with Crippen LogP contribution in [-0.4, -0.2) is 76.1 Å². The van der Waals surface area contributed by atoms with E-state index in [1.165, 1.54) is 0 Å². The van der Waals surface area contributed by atoms with Gasteiger partial charge in [-0.1, -0.05) is 36.1 Å². The van der Waals surface area contributed by atoms with Gasteiger partial charge in [-0.2, -0.15) is 10.2 Å². The molecule has 0 unspecified atom stereocenters. The van der Waals surface area contributed by atoms with Gasteiger partial charge in [0.15, 0.2) is 5.65 Å². The quantitative estimate of drug-likeness (QED) is 0.258. The van der Waals surface area contributed by atoms with E-state index in [1.54, 1.807) is 53.7 Å². The minimum Gasteiger partial charge on any atom is -0.395 e. The molecule has 0 spiro atoms. The second-order valence-electron chi connectivity index (χ2n) is 11.7. The molecule has 0 radical (unpaired) electrons. The molecule has 1 fully saturated rings. The summed E-state index contributed by atoms with van der Waals surface area (Å²) in [5, 5.41) is 21.6. The minimum atomic E-state index is -0.654. The Bertz CT molecular complexity index is 2250.